The smallest absolute Gasteiger partial charge is 0.337 e. The standard InChI is InChI=1S/C18H18F3N5/c1-11(2)16-23-13-5-3-4-6-14(13)26(16)12-9-25(10-12)17-22-8-7-15(24-17)18(19,20)21/h3-8,11-12H,9-10H2,1-2H3. The van der Waals surface area contributed by atoms with Crippen molar-refractivity contribution in [2.75, 3.05) is 18.0 Å². The van der Waals surface area contributed by atoms with Gasteiger partial charge in [0.1, 0.15) is 11.5 Å². The van der Waals surface area contributed by atoms with Gasteiger partial charge < -0.3 is 9.47 Å². The maximum Gasteiger partial charge on any atom is 0.433 e. The van der Waals surface area contributed by atoms with Gasteiger partial charge in [0, 0.05) is 25.2 Å². The molecule has 0 aliphatic carbocycles. The molecule has 1 saturated heterocycles. The van der Waals surface area contributed by atoms with E-state index in [1.165, 1.54) is 0 Å². The van der Waals surface area contributed by atoms with Crippen LogP contribution in [0.5, 0.6) is 0 Å². The van der Waals surface area contributed by atoms with E-state index < -0.39 is 11.9 Å². The molecule has 1 aliphatic rings. The average Bonchev–Trinajstić information content (AvgIpc) is 2.93. The second-order valence-electron chi connectivity index (χ2n) is 6.78. The number of rotatable bonds is 3. The van der Waals surface area contributed by atoms with Crippen molar-refractivity contribution in [3.05, 3.63) is 48.0 Å². The van der Waals surface area contributed by atoms with Gasteiger partial charge in [0.05, 0.1) is 17.1 Å². The second kappa shape index (κ2) is 5.96. The third-order valence-corrected chi connectivity index (χ3v) is 4.58. The quantitative estimate of drug-likeness (QED) is 0.707. The van der Waals surface area contributed by atoms with Crippen molar-refractivity contribution < 1.29 is 13.2 Å². The molecule has 1 aromatic carbocycles. The highest BCUT2D eigenvalue weighted by atomic mass is 19.4. The molecule has 136 valence electrons. The van der Waals surface area contributed by atoms with E-state index in [2.05, 4.69) is 28.4 Å². The van der Waals surface area contributed by atoms with Crippen LogP contribution < -0.4 is 4.90 Å². The van der Waals surface area contributed by atoms with E-state index in [1.54, 1.807) is 4.90 Å². The number of fused-ring (bicyclic) bond motifs is 1. The molecule has 0 bridgehead atoms. The van der Waals surface area contributed by atoms with Gasteiger partial charge in [-0.15, -0.1) is 0 Å². The maximum atomic E-state index is 12.8. The van der Waals surface area contributed by atoms with E-state index in [-0.39, 0.29) is 17.9 Å². The van der Waals surface area contributed by atoms with Gasteiger partial charge in [0.15, 0.2) is 0 Å². The van der Waals surface area contributed by atoms with E-state index in [9.17, 15) is 13.2 Å². The SMILES string of the molecule is CC(C)c1nc2ccccc2n1C1CN(c2nccc(C(F)(F)F)n2)C1. The van der Waals surface area contributed by atoms with Crippen LogP contribution in [0.15, 0.2) is 36.5 Å². The fourth-order valence-electron chi connectivity index (χ4n) is 3.29. The number of para-hydroxylation sites is 2. The van der Waals surface area contributed by atoms with Crippen LogP contribution in [0.25, 0.3) is 11.0 Å². The number of nitrogens with zero attached hydrogens (tertiary/aromatic N) is 5. The molecule has 4 rings (SSSR count). The Morgan fingerprint density at radius 3 is 2.50 bits per heavy atom. The van der Waals surface area contributed by atoms with Gasteiger partial charge in [0.2, 0.25) is 5.95 Å². The Hall–Kier alpha value is -2.64. The van der Waals surface area contributed by atoms with Crippen LogP contribution in [-0.2, 0) is 6.18 Å². The molecule has 0 radical (unpaired) electrons. The summed E-state index contributed by atoms with van der Waals surface area (Å²) in [4.78, 5) is 14.2. The number of imidazole rings is 1. The number of alkyl halides is 3. The normalized spacial score (nSPS) is 15.7. The number of anilines is 1. The zero-order valence-corrected chi connectivity index (χ0v) is 14.4. The number of hydrogen-bond acceptors (Lipinski definition) is 4. The van der Waals surface area contributed by atoms with Gasteiger partial charge in [-0.3, -0.25) is 0 Å². The highest BCUT2D eigenvalue weighted by Crippen LogP contribution is 2.34. The molecule has 0 spiro atoms. The Labute approximate surface area is 148 Å². The molecule has 0 atom stereocenters. The Bertz CT molecular complexity index is 941. The third-order valence-electron chi connectivity index (χ3n) is 4.58. The first-order valence-corrected chi connectivity index (χ1v) is 8.46. The summed E-state index contributed by atoms with van der Waals surface area (Å²) in [7, 11) is 0. The van der Waals surface area contributed by atoms with Crippen molar-refractivity contribution >= 4 is 17.0 Å². The lowest BCUT2D eigenvalue weighted by Crippen LogP contribution is -2.49. The first-order chi connectivity index (χ1) is 12.3. The summed E-state index contributed by atoms with van der Waals surface area (Å²) < 4.78 is 40.7. The molecule has 3 aromatic rings. The maximum absolute atomic E-state index is 12.8. The molecular weight excluding hydrogens is 343 g/mol. The lowest BCUT2D eigenvalue weighted by molar-refractivity contribution is -0.141. The van der Waals surface area contributed by atoms with Crippen LogP contribution in [0.2, 0.25) is 0 Å². The molecule has 0 unspecified atom stereocenters. The van der Waals surface area contributed by atoms with Gasteiger partial charge in [-0.05, 0) is 18.2 Å². The minimum Gasteiger partial charge on any atom is -0.337 e. The molecule has 0 saturated carbocycles. The summed E-state index contributed by atoms with van der Waals surface area (Å²) >= 11 is 0. The lowest BCUT2D eigenvalue weighted by atomic mass is 10.1. The summed E-state index contributed by atoms with van der Waals surface area (Å²) in [6.07, 6.45) is -3.31. The summed E-state index contributed by atoms with van der Waals surface area (Å²) in [5.41, 5.74) is 1.07. The molecule has 0 amide bonds. The Kier molecular flexibility index (Phi) is 3.86. The fourth-order valence-corrected chi connectivity index (χ4v) is 3.29. The molecule has 8 heteroatoms. The first kappa shape index (κ1) is 16.8. The van der Waals surface area contributed by atoms with Crippen LogP contribution in [0, 0.1) is 0 Å². The number of hydrogen-bond donors (Lipinski definition) is 0. The highest BCUT2D eigenvalue weighted by Gasteiger charge is 2.36. The fraction of sp³-hybridized carbons (Fsp3) is 0.389. The molecule has 1 fully saturated rings. The minimum atomic E-state index is -4.46. The zero-order valence-electron chi connectivity index (χ0n) is 14.4. The second-order valence-corrected chi connectivity index (χ2v) is 6.78. The van der Waals surface area contributed by atoms with Crippen molar-refractivity contribution in [1.29, 1.82) is 0 Å². The highest BCUT2D eigenvalue weighted by molar-refractivity contribution is 5.76. The average molecular weight is 361 g/mol. The van der Waals surface area contributed by atoms with Gasteiger partial charge in [-0.1, -0.05) is 26.0 Å². The van der Waals surface area contributed by atoms with E-state index in [4.69, 9.17) is 4.98 Å². The molecule has 3 heterocycles. The Balaban J connectivity index is 1.61. The van der Waals surface area contributed by atoms with Crippen LogP contribution in [0.3, 0.4) is 0 Å². The number of benzene rings is 1. The topological polar surface area (TPSA) is 46.8 Å². The number of aromatic nitrogens is 4. The van der Waals surface area contributed by atoms with Crippen LogP contribution >= 0.6 is 0 Å². The van der Waals surface area contributed by atoms with Crippen molar-refractivity contribution in [2.45, 2.75) is 32.0 Å². The zero-order chi connectivity index (χ0) is 18.5. The van der Waals surface area contributed by atoms with E-state index in [0.29, 0.717) is 13.1 Å². The van der Waals surface area contributed by atoms with Crippen molar-refractivity contribution in [3.63, 3.8) is 0 Å². The third kappa shape index (κ3) is 2.79. The summed E-state index contributed by atoms with van der Waals surface area (Å²) in [6, 6.07) is 8.95. The van der Waals surface area contributed by atoms with Gasteiger partial charge in [0.25, 0.3) is 0 Å². The van der Waals surface area contributed by atoms with Gasteiger partial charge in [-0.2, -0.15) is 13.2 Å². The van der Waals surface area contributed by atoms with Crippen molar-refractivity contribution in [2.24, 2.45) is 0 Å². The Morgan fingerprint density at radius 1 is 1.08 bits per heavy atom. The van der Waals surface area contributed by atoms with Crippen LogP contribution in [0.4, 0.5) is 19.1 Å². The summed E-state index contributed by atoms with van der Waals surface area (Å²) in [5.74, 6) is 1.36. The molecule has 26 heavy (non-hydrogen) atoms. The Morgan fingerprint density at radius 2 is 1.81 bits per heavy atom. The molecule has 0 N–H and O–H groups in total. The predicted molar refractivity (Wildman–Crippen MR) is 92.1 cm³/mol. The van der Waals surface area contributed by atoms with E-state index in [0.717, 1.165) is 29.1 Å². The van der Waals surface area contributed by atoms with Crippen molar-refractivity contribution in [1.82, 2.24) is 19.5 Å². The number of halogens is 3. The van der Waals surface area contributed by atoms with Crippen molar-refractivity contribution in [3.8, 4) is 0 Å². The molecule has 1 aliphatic heterocycles. The van der Waals surface area contributed by atoms with Gasteiger partial charge >= 0.3 is 6.18 Å². The van der Waals surface area contributed by atoms with Crippen LogP contribution in [0.1, 0.15) is 37.3 Å². The molecule has 5 nitrogen and oxygen atoms in total. The molecular formula is C18H18F3N5. The molecule has 2 aromatic heterocycles. The first-order valence-electron chi connectivity index (χ1n) is 8.46. The monoisotopic (exact) mass is 361 g/mol. The van der Waals surface area contributed by atoms with Crippen LogP contribution in [-0.4, -0.2) is 32.6 Å². The predicted octanol–water partition coefficient (Wildman–Crippen LogP) is 4.03. The largest absolute Gasteiger partial charge is 0.433 e. The van der Waals surface area contributed by atoms with E-state index >= 15 is 0 Å². The lowest BCUT2D eigenvalue weighted by Gasteiger charge is -2.41. The van der Waals surface area contributed by atoms with Gasteiger partial charge in [-0.25, -0.2) is 15.0 Å². The summed E-state index contributed by atoms with van der Waals surface area (Å²) in [5, 5.41) is 0. The summed E-state index contributed by atoms with van der Waals surface area (Å²) in [6.45, 7) is 5.29. The van der Waals surface area contributed by atoms with E-state index in [1.807, 2.05) is 24.3 Å². The minimum absolute atomic E-state index is 0.117.